The van der Waals surface area contributed by atoms with Crippen molar-refractivity contribution in [1.82, 2.24) is 4.57 Å². The Hall–Kier alpha value is -1.47. The van der Waals surface area contributed by atoms with E-state index in [0.717, 1.165) is 30.3 Å². The fourth-order valence-electron chi connectivity index (χ4n) is 2.01. The van der Waals surface area contributed by atoms with E-state index in [1.54, 1.807) is 0 Å². The molecule has 1 saturated carbocycles. The van der Waals surface area contributed by atoms with E-state index in [1.807, 2.05) is 18.4 Å². The first-order chi connectivity index (χ1) is 8.15. The van der Waals surface area contributed by atoms with E-state index in [4.69, 9.17) is 15.7 Å². The molecule has 4 nitrogen and oxygen atoms in total. The van der Waals surface area contributed by atoms with Crippen LogP contribution in [0.3, 0.4) is 0 Å². The molecule has 0 unspecified atom stereocenters. The number of hydrogen-bond acceptors (Lipinski definition) is 3. The Morgan fingerprint density at radius 3 is 2.71 bits per heavy atom. The maximum absolute atomic E-state index is 9.02. The minimum absolute atomic E-state index is 0.567. The molecule has 0 saturated heterocycles. The zero-order valence-corrected chi connectivity index (χ0v) is 10.5. The highest BCUT2D eigenvalue weighted by Crippen LogP contribution is 2.29. The molecular weight excluding hydrogens is 214 g/mol. The van der Waals surface area contributed by atoms with E-state index in [1.165, 1.54) is 12.8 Å². The number of aromatic nitrogens is 1. The van der Waals surface area contributed by atoms with Gasteiger partial charge in [-0.3, -0.25) is 0 Å². The summed E-state index contributed by atoms with van der Waals surface area (Å²) >= 11 is 0. The topological polar surface area (TPSA) is 64.0 Å². The standard InChI is InChI=1S/C13H19N3O/c1-9-10(2)16(13(15)12(9)7-14)5-6-17-8-11-3-4-11/h11H,3-6,8,15H2,1-2H3. The highest BCUT2D eigenvalue weighted by atomic mass is 16.5. The van der Waals surface area contributed by atoms with Gasteiger partial charge in [-0.2, -0.15) is 5.26 Å². The largest absolute Gasteiger partial charge is 0.384 e. The Morgan fingerprint density at radius 2 is 2.18 bits per heavy atom. The lowest BCUT2D eigenvalue weighted by Crippen LogP contribution is -2.11. The predicted octanol–water partition coefficient (Wildman–Crippen LogP) is 1.99. The predicted molar refractivity (Wildman–Crippen MR) is 66.6 cm³/mol. The summed E-state index contributed by atoms with van der Waals surface area (Å²) in [6.45, 7) is 6.19. The number of hydrogen-bond donors (Lipinski definition) is 1. The maximum Gasteiger partial charge on any atom is 0.122 e. The molecule has 0 aromatic carbocycles. The lowest BCUT2D eigenvalue weighted by atomic mass is 10.2. The molecule has 2 rings (SSSR count). The monoisotopic (exact) mass is 233 g/mol. The highest BCUT2D eigenvalue weighted by molar-refractivity contribution is 5.57. The Balaban J connectivity index is 1.97. The van der Waals surface area contributed by atoms with Crippen LogP contribution in [-0.4, -0.2) is 17.8 Å². The minimum Gasteiger partial charge on any atom is -0.384 e. The second kappa shape index (κ2) is 4.80. The average molecular weight is 233 g/mol. The Kier molecular flexibility index (Phi) is 3.39. The Bertz CT molecular complexity index is 452. The highest BCUT2D eigenvalue weighted by Gasteiger charge is 2.21. The number of rotatable bonds is 5. The van der Waals surface area contributed by atoms with Gasteiger partial charge in [0.1, 0.15) is 11.9 Å². The van der Waals surface area contributed by atoms with Crippen LogP contribution in [0.25, 0.3) is 0 Å². The van der Waals surface area contributed by atoms with E-state index in [-0.39, 0.29) is 0 Å². The molecule has 1 fully saturated rings. The van der Waals surface area contributed by atoms with Crippen LogP contribution in [-0.2, 0) is 11.3 Å². The van der Waals surface area contributed by atoms with E-state index in [9.17, 15) is 0 Å². The average Bonchev–Trinajstić information content (AvgIpc) is 3.09. The zero-order chi connectivity index (χ0) is 12.4. The number of anilines is 1. The van der Waals surface area contributed by atoms with Gasteiger partial charge in [0, 0.05) is 18.8 Å². The van der Waals surface area contributed by atoms with E-state index < -0.39 is 0 Å². The van der Waals surface area contributed by atoms with Crippen LogP contribution in [0.2, 0.25) is 0 Å². The molecule has 0 aliphatic heterocycles. The molecule has 0 spiro atoms. The number of nitrogen functional groups attached to an aromatic ring is 1. The molecule has 4 heteroatoms. The minimum atomic E-state index is 0.567. The zero-order valence-electron chi connectivity index (χ0n) is 10.5. The third kappa shape index (κ3) is 2.45. The van der Waals surface area contributed by atoms with Crippen LogP contribution in [0.4, 0.5) is 5.82 Å². The molecule has 1 aliphatic carbocycles. The summed E-state index contributed by atoms with van der Waals surface area (Å²) in [7, 11) is 0. The van der Waals surface area contributed by atoms with Crippen molar-refractivity contribution in [3.63, 3.8) is 0 Å². The fourth-order valence-corrected chi connectivity index (χ4v) is 2.01. The summed E-state index contributed by atoms with van der Waals surface area (Å²) in [5, 5.41) is 9.02. The molecular formula is C13H19N3O. The van der Waals surface area contributed by atoms with Gasteiger partial charge in [-0.05, 0) is 38.2 Å². The van der Waals surface area contributed by atoms with Crippen molar-refractivity contribution < 1.29 is 4.74 Å². The SMILES string of the molecule is Cc1c(C#N)c(N)n(CCOCC2CC2)c1C. The van der Waals surface area contributed by atoms with Crippen molar-refractivity contribution >= 4 is 5.82 Å². The normalized spacial score (nSPS) is 14.9. The van der Waals surface area contributed by atoms with Gasteiger partial charge < -0.3 is 15.0 Å². The molecule has 0 amide bonds. The van der Waals surface area contributed by atoms with Crippen LogP contribution in [0, 0.1) is 31.1 Å². The molecule has 1 aromatic heterocycles. The first-order valence-corrected chi connectivity index (χ1v) is 6.08. The molecule has 0 radical (unpaired) electrons. The summed E-state index contributed by atoms with van der Waals surface area (Å²) in [6, 6.07) is 2.16. The van der Waals surface area contributed by atoms with Crippen LogP contribution in [0.5, 0.6) is 0 Å². The quantitative estimate of drug-likeness (QED) is 0.791. The molecule has 1 heterocycles. The summed E-state index contributed by atoms with van der Waals surface area (Å²) in [5.74, 6) is 1.35. The number of ether oxygens (including phenoxy) is 1. The van der Waals surface area contributed by atoms with Gasteiger partial charge in [-0.1, -0.05) is 0 Å². The van der Waals surface area contributed by atoms with Gasteiger partial charge in [0.15, 0.2) is 0 Å². The van der Waals surface area contributed by atoms with E-state index in [0.29, 0.717) is 18.0 Å². The Labute approximate surface area is 102 Å². The fraction of sp³-hybridized carbons (Fsp3) is 0.615. The number of nitrogens with zero attached hydrogens (tertiary/aromatic N) is 2. The van der Waals surface area contributed by atoms with Crippen LogP contribution < -0.4 is 5.73 Å². The van der Waals surface area contributed by atoms with E-state index >= 15 is 0 Å². The third-order valence-corrected chi connectivity index (χ3v) is 3.49. The van der Waals surface area contributed by atoms with E-state index in [2.05, 4.69) is 6.07 Å². The first kappa shape index (κ1) is 12.0. The molecule has 92 valence electrons. The first-order valence-electron chi connectivity index (χ1n) is 6.08. The molecule has 0 atom stereocenters. The summed E-state index contributed by atoms with van der Waals surface area (Å²) in [6.07, 6.45) is 2.62. The van der Waals surface area contributed by atoms with Crippen LogP contribution in [0.1, 0.15) is 29.7 Å². The van der Waals surface area contributed by atoms with Crippen LogP contribution >= 0.6 is 0 Å². The summed E-state index contributed by atoms with van der Waals surface area (Å²) in [4.78, 5) is 0. The molecule has 0 bridgehead atoms. The number of nitrogens with two attached hydrogens (primary N) is 1. The van der Waals surface area contributed by atoms with Crippen molar-refractivity contribution in [2.45, 2.75) is 33.2 Å². The maximum atomic E-state index is 9.02. The van der Waals surface area contributed by atoms with Crippen molar-refractivity contribution in [2.24, 2.45) is 5.92 Å². The molecule has 17 heavy (non-hydrogen) atoms. The van der Waals surface area contributed by atoms with Crippen LogP contribution in [0.15, 0.2) is 0 Å². The van der Waals surface area contributed by atoms with Gasteiger partial charge >= 0.3 is 0 Å². The smallest absolute Gasteiger partial charge is 0.122 e. The third-order valence-electron chi connectivity index (χ3n) is 3.49. The Morgan fingerprint density at radius 1 is 1.47 bits per heavy atom. The van der Waals surface area contributed by atoms with Gasteiger partial charge in [0.2, 0.25) is 0 Å². The lowest BCUT2D eigenvalue weighted by molar-refractivity contribution is 0.117. The van der Waals surface area contributed by atoms with Crippen molar-refractivity contribution in [3.8, 4) is 6.07 Å². The van der Waals surface area contributed by atoms with Gasteiger partial charge in [0.25, 0.3) is 0 Å². The van der Waals surface area contributed by atoms with Crippen molar-refractivity contribution in [1.29, 1.82) is 5.26 Å². The van der Waals surface area contributed by atoms with Crippen molar-refractivity contribution in [3.05, 3.63) is 16.8 Å². The second-order valence-corrected chi connectivity index (χ2v) is 4.75. The van der Waals surface area contributed by atoms with Gasteiger partial charge in [-0.25, -0.2) is 0 Å². The summed E-state index contributed by atoms with van der Waals surface area (Å²) < 4.78 is 7.57. The van der Waals surface area contributed by atoms with Crippen molar-refractivity contribution in [2.75, 3.05) is 18.9 Å². The van der Waals surface area contributed by atoms with Gasteiger partial charge in [-0.15, -0.1) is 0 Å². The molecule has 1 aliphatic rings. The summed E-state index contributed by atoms with van der Waals surface area (Å²) in [5.41, 5.74) is 8.60. The van der Waals surface area contributed by atoms with Gasteiger partial charge in [0.05, 0.1) is 12.2 Å². The molecule has 2 N–H and O–H groups in total. The second-order valence-electron chi connectivity index (χ2n) is 4.75. The molecule has 1 aromatic rings. The lowest BCUT2D eigenvalue weighted by Gasteiger charge is -2.09. The number of nitriles is 1.